The first-order chi connectivity index (χ1) is 21.4. The van der Waals surface area contributed by atoms with Gasteiger partial charge >= 0.3 is 0 Å². The van der Waals surface area contributed by atoms with E-state index in [0.717, 1.165) is 9.87 Å². The number of benzene rings is 4. The van der Waals surface area contributed by atoms with Gasteiger partial charge in [0.25, 0.3) is 10.0 Å². The second-order valence-corrected chi connectivity index (χ2v) is 13.9. The highest BCUT2D eigenvalue weighted by atomic mass is 35.5. The quantitative estimate of drug-likeness (QED) is 0.169. The second-order valence-electron chi connectivity index (χ2n) is 10.8. The summed E-state index contributed by atoms with van der Waals surface area (Å²) >= 11 is 18.9. The van der Waals surface area contributed by atoms with Crippen LogP contribution in [0.25, 0.3) is 0 Å². The summed E-state index contributed by atoms with van der Waals surface area (Å²) in [4.78, 5) is 29.7. The van der Waals surface area contributed by atoms with Crippen molar-refractivity contribution in [1.82, 2.24) is 10.2 Å². The van der Waals surface area contributed by atoms with Gasteiger partial charge in [0.05, 0.1) is 20.6 Å². The van der Waals surface area contributed by atoms with Crippen molar-refractivity contribution in [1.29, 1.82) is 0 Å². The molecule has 11 heteroatoms. The van der Waals surface area contributed by atoms with Crippen LogP contribution >= 0.6 is 34.8 Å². The number of amides is 2. The maximum absolute atomic E-state index is 14.5. The van der Waals surface area contributed by atoms with Gasteiger partial charge in [0.1, 0.15) is 12.6 Å². The van der Waals surface area contributed by atoms with E-state index in [2.05, 4.69) is 5.32 Å². The van der Waals surface area contributed by atoms with Crippen molar-refractivity contribution in [2.24, 2.45) is 0 Å². The first-order valence-corrected chi connectivity index (χ1v) is 16.9. The van der Waals surface area contributed by atoms with E-state index < -0.39 is 28.5 Å². The van der Waals surface area contributed by atoms with Gasteiger partial charge in [0.15, 0.2) is 0 Å². The van der Waals surface area contributed by atoms with Crippen molar-refractivity contribution in [2.75, 3.05) is 10.8 Å². The Morgan fingerprint density at radius 1 is 0.778 bits per heavy atom. The lowest BCUT2D eigenvalue weighted by atomic mass is 10.0. The molecule has 1 N–H and O–H groups in total. The maximum Gasteiger partial charge on any atom is 0.264 e. The topological polar surface area (TPSA) is 86.8 Å². The molecule has 0 aliphatic carbocycles. The molecule has 7 nitrogen and oxygen atoms in total. The second kappa shape index (κ2) is 15.1. The maximum atomic E-state index is 14.5. The monoisotopic (exact) mass is 685 g/mol. The molecule has 0 saturated carbocycles. The Balaban J connectivity index is 1.84. The molecule has 0 radical (unpaired) electrons. The Morgan fingerprint density at radius 2 is 1.42 bits per heavy atom. The SMILES string of the molecule is Cc1c(Cl)cccc1N(CC(=O)N(Cc1ccc(Cl)c(Cl)c1)[C@@H](Cc1ccccc1)C(=O)NC(C)C)S(=O)(=O)c1ccccc1. The molecule has 236 valence electrons. The van der Waals surface area contributed by atoms with E-state index in [1.807, 2.05) is 44.2 Å². The molecule has 4 aromatic rings. The van der Waals surface area contributed by atoms with Crippen LogP contribution in [0.2, 0.25) is 15.1 Å². The average molecular weight is 687 g/mol. The minimum atomic E-state index is -4.24. The lowest BCUT2D eigenvalue weighted by Gasteiger charge is -2.34. The summed E-state index contributed by atoms with van der Waals surface area (Å²) in [6.07, 6.45) is 0.189. The third-order valence-corrected chi connectivity index (χ3v) is 10.1. The van der Waals surface area contributed by atoms with Crippen LogP contribution < -0.4 is 9.62 Å². The summed E-state index contributed by atoms with van der Waals surface area (Å²) in [5.41, 5.74) is 2.18. The van der Waals surface area contributed by atoms with Crippen LogP contribution in [0, 0.1) is 6.92 Å². The fraction of sp³-hybridized carbons (Fsp3) is 0.235. The Morgan fingerprint density at radius 3 is 2.04 bits per heavy atom. The van der Waals surface area contributed by atoms with E-state index in [1.54, 1.807) is 61.5 Å². The van der Waals surface area contributed by atoms with Crippen LogP contribution in [-0.2, 0) is 32.6 Å². The van der Waals surface area contributed by atoms with Gasteiger partial charge in [0.2, 0.25) is 11.8 Å². The molecule has 0 heterocycles. The van der Waals surface area contributed by atoms with Crippen LogP contribution in [0.1, 0.15) is 30.5 Å². The molecule has 4 aromatic carbocycles. The molecule has 0 saturated heterocycles. The molecule has 0 aliphatic heterocycles. The van der Waals surface area contributed by atoms with Crippen LogP contribution in [0.3, 0.4) is 0 Å². The molecule has 0 fully saturated rings. The van der Waals surface area contributed by atoms with Gasteiger partial charge in [-0.3, -0.25) is 13.9 Å². The molecule has 2 amide bonds. The van der Waals surface area contributed by atoms with E-state index in [1.165, 1.54) is 17.0 Å². The highest BCUT2D eigenvalue weighted by Gasteiger charge is 2.35. The van der Waals surface area contributed by atoms with Crippen molar-refractivity contribution < 1.29 is 18.0 Å². The first kappa shape index (κ1) is 34.3. The molecule has 45 heavy (non-hydrogen) atoms. The van der Waals surface area contributed by atoms with Gasteiger partial charge in [0, 0.05) is 24.0 Å². The van der Waals surface area contributed by atoms with E-state index in [-0.39, 0.29) is 40.5 Å². The normalized spacial score (nSPS) is 12.1. The van der Waals surface area contributed by atoms with Crippen molar-refractivity contribution in [2.45, 2.75) is 50.7 Å². The smallest absolute Gasteiger partial charge is 0.264 e. The third-order valence-electron chi connectivity index (χ3n) is 7.16. The van der Waals surface area contributed by atoms with Gasteiger partial charge in [-0.15, -0.1) is 0 Å². The molecular formula is C34H34Cl3N3O4S. The molecule has 4 rings (SSSR count). The molecular weight excluding hydrogens is 653 g/mol. The van der Waals surface area contributed by atoms with Crippen molar-refractivity contribution in [3.63, 3.8) is 0 Å². The Hall–Kier alpha value is -3.56. The summed E-state index contributed by atoms with van der Waals surface area (Å²) in [6, 6.07) is 25.8. The molecule has 0 bridgehead atoms. The number of nitrogens with zero attached hydrogens (tertiary/aromatic N) is 2. The van der Waals surface area contributed by atoms with E-state index in [4.69, 9.17) is 34.8 Å². The predicted octanol–water partition coefficient (Wildman–Crippen LogP) is 7.32. The highest BCUT2D eigenvalue weighted by molar-refractivity contribution is 7.92. The Labute approximate surface area is 279 Å². The fourth-order valence-corrected chi connectivity index (χ4v) is 6.85. The van der Waals surface area contributed by atoms with Crippen molar-refractivity contribution in [3.05, 3.63) is 129 Å². The Bertz CT molecular complexity index is 1750. The highest BCUT2D eigenvalue weighted by Crippen LogP contribution is 2.32. The van der Waals surface area contributed by atoms with Gasteiger partial charge in [-0.25, -0.2) is 8.42 Å². The number of sulfonamides is 1. The van der Waals surface area contributed by atoms with Crippen LogP contribution in [0.15, 0.2) is 102 Å². The molecule has 0 spiro atoms. The summed E-state index contributed by atoms with van der Waals surface area (Å²) in [5, 5.41) is 3.91. The first-order valence-electron chi connectivity index (χ1n) is 14.3. The zero-order valence-electron chi connectivity index (χ0n) is 25.1. The minimum Gasteiger partial charge on any atom is -0.352 e. The van der Waals surface area contributed by atoms with Crippen molar-refractivity contribution >= 4 is 62.3 Å². The van der Waals surface area contributed by atoms with E-state index in [0.29, 0.717) is 21.2 Å². The van der Waals surface area contributed by atoms with E-state index >= 15 is 0 Å². The molecule has 0 aromatic heterocycles. The zero-order valence-corrected chi connectivity index (χ0v) is 28.2. The zero-order chi connectivity index (χ0) is 32.7. The predicted molar refractivity (Wildman–Crippen MR) is 181 cm³/mol. The van der Waals surface area contributed by atoms with Crippen LogP contribution in [0.4, 0.5) is 5.69 Å². The summed E-state index contributed by atoms with van der Waals surface area (Å²) < 4.78 is 29.3. The fourth-order valence-electron chi connectivity index (χ4n) is 4.87. The summed E-state index contributed by atoms with van der Waals surface area (Å²) in [5.74, 6) is -0.974. The lowest BCUT2D eigenvalue weighted by molar-refractivity contribution is -0.140. The lowest BCUT2D eigenvalue weighted by Crippen LogP contribution is -2.54. The van der Waals surface area contributed by atoms with Gasteiger partial charge in [-0.2, -0.15) is 0 Å². The van der Waals surface area contributed by atoms with Gasteiger partial charge < -0.3 is 10.2 Å². The molecule has 0 aliphatic rings. The minimum absolute atomic E-state index is 0.00611. The largest absolute Gasteiger partial charge is 0.352 e. The number of hydrogen-bond donors (Lipinski definition) is 1. The number of carbonyl (C=O) groups excluding carboxylic acids is 2. The van der Waals surface area contributed by atoms with Gasteiger partial charge in [-0.05, 0) is 73.9 Å². The molecule has 0 unspecified atom stereocenters. The average Bonchev–Trinajstić information content (AvgIpc) is 3.01. The summed E-state index contributed by atoms with van der Waals surface area (Å²) in [7, 11) is -4.24. The number of halogens is 3. The number of hydrogen-bond acceptors (Lipinski definition) is 4. The van der Waals surface area contributed by atoms with Crippen LogP contribution in [0.5, 0.6) is 0 Å². The molecule has 1 atom stereocenters. The summed E-state index contributed by atoms with van der Waals surface area (Å²) in [6.45, 7) is 4.72. The van der Waals surface area contributed by atoms with E-state index in [9.17, 15) is 18.0 Å². The van der Waals surface area contributed by atoms with Crippen LogP contribution in [-0.4, -0.2) is 43.8 Å². The third kappa shape index (κ3) is 8.58. The Kier molecular flexibility index (Phi) is 11.6. The number of nitrogens with one attached hydrogen (secondary N) is 1. The van der Waals surface area contributed by atoms with Gasteiger partial charge in [-0.1, -0.05) is 95.5 Å². The number of carbonyl (C=O) groups is 2. The van der Waals surface area contributed by atoms with Crippen molar-refractivity contribution in [3.8, 4) is 0 Å². The standard InChI is InChI=1S/C34H34Cl3N3O4S/c1-23(2)38-34(42)32(20-25-11-6-4-7-12-25)39(21-26-17-18-29(36)30(37)19-26)33(41)22-40(31-16-10-15-28(35)24(31)3)45(43,44)27-13-8-5-9-14-27/h4-19,23,32H,20-22H2,1-3H3,(H,38,42)/t32-/m0/s1. The number of rotatable bonds is 12. The number of anilines is 1.